The molecule has 0 saturated carbocycles. The molecule has 0 aliphatic carbocycles. The Morgan fingerprint density at radius 3 is 2.65 bits per heavy atom. The van der Waals surface area contributed by atoms with Crippen LogP contribution in [0.4, 0.5) is 0 Å². The van der Waals surface area contributed by atoms with Crippen molar-refractivity contribution in [1.29, 1.82) is 0 Å². The van der Waals surface area contributed by atoms with E-state index < -0.39 is 0 Å². The summed E-state index contributed by atoms with van der Waals surface area (Å²) in [5, 5.41) is 9.54. The predicted octanol–water partition coefficient (Wildman–Crippen LogP) is 3.83. The van der Waals surface area contributed by atoms with E-state index in [0.29, 0.717) is 0 Å². The summed E-state index contributed by atoms with van der Waals surface area (Å²) in [6, 6.07) is 11.3. The van der Waals surface area contributed by atoms with Gasteiger partial charge in [0.2, 0.25) is 0 Å². The van der Waals surface area contributed by atoms with E-state index in [9.17, 15) is 5.11 Å². The van der Waals surface area contributed by atoms with Crippen molar-refractivity contribution in [2.45, 2.75) is 12.8 Å². The van der Waals surface area contributed by atoms with E-state index in [1.165, 1.54) is 11.1 Å². The molecule has 0 unspecified atom stereocenters. The number of nitrogens with zero attached hydrogens (tertiary/aromatic N) is 1. The van der Waals surface area contributed by atoms with E-state index >= 15 is 0 Å². The zero-order valence-corrected chi connectivity index (χ0v) is 11.0. The number of hydrogen-bond donors (Lipinski definition) is 1. The van der Waals surface area contributed by atoms with Crippen molar-refractivity contribution in [1.82, 2.24) is 4.98 Å². The first-order valence-corrected chi connectivity index (χ1v) is 6.56. The van der Waals surface area contributed by atoms with Crippen molar-refractivity contribution < 1.29 is 9.52 Å². The molecule has 3 heteroatoms. The number of hydrogen-bond acceptors (Lipinski definition) is 3. The lowest BCUT2D eigenvalue weighted by molar-refractivity contribution is 0.475. The molecule has 0 saturated heterocycles. The second-order valence-electron chi connectivity index (χ2n) is 4.76. The van der Waals surface area contributed by atoms with E-state index in [1.54, 1.807) is 24.7 Å². The fourth-order valence-electron chi connectivity index (χ4n) is 2.19. The molecule has 1 N–H and O–H groups in total. The monoisotopic (exact) mass is 265 g/mol. The van der Waals surface area contributed by atoms with Crippen LogP contribution < -0.4 is 0 Å². The maximum atomic E-state index is 9.54. The summed E-state index contributed by atoms with van der Waals surface area (Å²) < 4.78 is 5.07. The third kappa shape index (κ3) is 2.88. The van der Waals surface area contributed by atoms with Gasteiger partial charge in [0.25, 0.3) is 0 Å². The molecular formula is C17H15NO2. The van der Waals surface area contributed by atoms with Gasteiger partial charge in [0.1, 0.15) is 5.75 Å². The van der Waals surface area contributed by atoms with E-state index in [2.05, 4.69) is 11.1 Å². The summed E-state index contributed by atoms with van der Waals surface area (Å²) in [4.78, 5) is 4.29. The van der Waals surface area contributed by atoms with Crippen LogP contribution >= 0.6 is 0 Å². The highest BCUT2D eigenvalue weighted by molar-refractivity contribution is 5.64. The summed E-state index contributed by atoms with van der Waals surface area (Å²) in [5.41, 5.74) is 4.35. The lowest BCUT2D eigenvalue weighted by Crippen LogP contribution is -1.92. The largest absolute Gasteiger partial charge is 0.508 e. The highest BCUT2D eigenvalue weighted by Crippen LogP contribution is 2.23. The summed E-state index contributed by atoms with van der Waals surface area (Å²) in [5.74, 6) is 0.270. The molecule has 20 heavy (non-hydrogen) atoms. The van der Waals surface area contributed by atoms with Crippen LogP contribution in [0.2, 0.25) is 0 Å². The van der Waals surface area contributed by atoms with Crippen molar-refractivity contribution >= 4 is 0 Å². The molecule has 0 fully saturated rings. The van der Waals surface area contributed by atoms with Crippen molar-refractivity contribution in [2.75, 3.05) is 0 Å². The average Bonchev–Trinajstić information content (AvgIpc) is 2.99. The van der Waals surface area contributed by atoms with Crippen molar-refractivity contribution in [3.63, 3.8) is 0 Å². The fourth-order valence-corrected chi connectivity index (χ4v) is 2.19. The lowest BCUT2D eigenvalue weighted by Gasteiger charge is -2.05. The highest BCUT2D eigenvalue weighted by atomic mass is 16.3. The van der Waals surface area contributed by atoms with Crippen LogP contribution in [0.3, 0.4) is 0 Å². The predicted molar refractivity (Wildman–Crippen MR) is 77.5 cm³/mol. The third-order valence-corrected chi connectivity index (χ3v) is 3.26. The smallest absolute Gasteiger partial charge is 0.116 e. The summed E-state index contributed by atoms with van der Waals surface area (Å²) in [6.45, 7) is 0. The second-order valence-corrected chi connectivity index (χ2v) is 4.76. The molecule has 3 aromatic rings. The first-order chi connectivity index (χ1) is 9.81. The molecule has 2 heterocycles. The van der Waals surface area contributed by atoms with E-state index in [-0.39, 0.29) is 5.75 Å². The Morgan fingerprint density at radius 2 is 1.85 bits per heavy atom. The molecule has 0 aliphatic heterocycles. The third-order valence-electron chi connectivity index (χ3n) is 3.26. The molecule has 1 aromatic carbocycles. The zero-order valence-electron chi connectivity index (χ0n) is 11.0. The van der Waals surface area contributed by atoms with Crippen LogP contribution in [0.15, 0.2) is 65.7 Å². The van der Waals surface area contributed by atoms with E-state index in [1.807, 2.05) is 30.6 Å². The number of phenols is 1. The topological polar surface area (TPSA) is 46.3 Å². The maximum Gasteiger partial charge on any atom is 0.116 e. The Morgan fingerprint density at radius 1 is 0.950 bits per heavy atom. The summed E-state index contributed by atoms with van der Waals surface area (Å²) in [7, 11) is 0. The molecule has 0 spiro atoms. The zero-order chi connectivity index (χ0) is 13.8. The maximum absolute atomic E-state index is 9.54. The molecule has 100 valence electrons. The number of benzene rings is 1. The minimum atomic E-state index is 0.270. The van der Waals surface area contributed by atoms with Crippen LogP contribution in [0, 0.1) is 0 Å². The number of aromatic hydroxyl groups is 1. The quantitative estimate of drug-likeness (QED) is 0.779. The van der Waals surface area contributed by atoms with Gasteiger partial charge in [-0.15, -0.1) is 0 Å². The van der Waals surface area contributed by atoms with Crippen LogP contribution in [-0.2, 0) is 12.8 Å². The minimum Gasteiger partial charge on any atom is -0.508 e. The first-order valence-electron chi connectivity index (χ1n) is 6.56. The number of phenolic OH excluding ortho intramolecular Hbond substituents is 1. The van der Waals surface area contributed by atoms with E-state index in [0.717, 1.165) is 24.0 Å². The second kappa shape index (κ2) is 5.61. The van der Waals surface area contributed by atoms with Crippen molar-refractivity contribution in [2.24, 2.45) is 0 Å². The molecule has 2 aromatic heterocycles. The molecule has 0 atom stereocenters. The molecule has 0 radical (unpaired) electrons. The van der Waals surface area contributed by atoms with Crippen molar-refractivity contribution in [3.05, 3.63) is 72.4 Å². The summed E-state index contributed by atoms with van der Waals surface area (Å²) >= 11 is 0. The molecule has 0 amide bonds. The standard InChI is InChI=1S/C17H15NO2/c19-17-3-1-2-15(9-17)16-8-14(10-18-11-16)5-4-13-6-7-20-12-13/h1-3,6-12,19H,4-5H2. The number of rotatable bonds is 4. The van der Waals surface area contributed by atoms with Gasteiger partial charge in [-0.2, -0.15) is 0 Å². The molecule has 0 bridgehead atoms. The number of aryl methyl sites for hydroxylation is 2. The molecule has 0 aliphatic rings. The number of pyridine rings is 1. The normalized spacial score (nSPS) is 10.6. The Balaban J connectivity index is 1.79. The first kappa shape index (κ1) is 12.5. The fraction of sp³-hybridized carbons (Fsp3) is 0.118. The van der Waals surface area contributed by atoms with Crippen LogP contribution in [-0.4, -0.2) is 10.1 Å². The van der Waals surface area contributed by atoms with Gasteiger partial charge in [0.15, 0.2) is 0 Å². The van der Waals surface area contributed by atoms with Crippen LogP contribution in [0.25, 0.3) is 11.1 Å². The van der Waals surface area contributed by atoms with Gasteiger partial charge in [-0.25, -0.2) is 0 Å². The molecule has 3 nitrogen and oxygen atoms in total. The Labute approximate surface area is 117 Å². The van der Waals surface area contributed by atoms with Gasteiger partial charge in [0.05, 0.1) is 12.5 Å². The van der Waals surface area contributed by atoms with Crippen molar-refractivity contribution in [3.8, 4) is 16.9 Å². The van der Waals surface area contributed by atoms with Gasteiger partial charge in [-0.05, 0) is 53.8 Å². The Bertz CT molecular complexity index is 690. The average molecular weight is 265 g/mol. The SMILES string of the molecule is Oc1cccc(-c2cncc(CCc3ccoc3)c2)c1. The van der Waals surface area contributed by atoms with Gasteiger partial charge < -0.3 is 9.52 Å². The van der Waals surface area contributed by atoms with Gasteiger partial charge in [-0.3, -0.25) is 4.98 Å². The van der Waals surface area contributed by atoms with Gasteiger partial charge >= 0.3 is 0 Å². The minimum absolute atomic E-state index is 0.270. The Kier molecular flexibility index (Phi) is 3.50. The van der Waals surface area contributed by atoms with Gasteiger partial charge in [-0.1, -0.05) is 12.1 Å². The summed E-state index contributed by atoms with van der Waals surface area (Å²) in [6.07, 6.45) is 9.01. The van der Waals surface area contributed by atoms with E-state index in [4.69, 9.17) is 4.42 Å². The number of aromatic nitrogens is 1. The highest BCUT2D eigenvalue weighted by Gasteiger charge is 2.02. The van der Waals surface area contributed by atoms with Crippen LogP contribution in [0.5, 0.6) is 5.75 Å². The van der Waals surface area contributed by atoms with Gasteiger partial charge in [0, 0.05) is 18.0 Å². The van der Waals surface area contributed by atoms with Crippen LogP contribution in [0.1, 0.15) is 11.1 Å². The number of furan rings is 1. The molecule has 3 rings (SSSR count). The lowest BCUT2D eigenvalue weighted by atomic mass is 10.0. The molecular weight excluding hydrogens is 250 g/mol. The Hall–Kier alpha value is -2.55.